The second kappa shape index (κ2) is 7.21. The summed E-state index contributed by atoms with van der Waals surface area (Å²) in [4.78, 5) is 23.3. The third kappa shape index (κ3) is 4.56. The van der Waals surface area contributed by atoms with Crippen molar-refractivity contribution in [2.45, 2.75) is 31.7 Å². The molecular weight excluding hydrogens is 272 g/mol. The summed E-state index contributed by atoms with van der Waals surface area (Å²) >= 11 is 0. The number of amides is 1. The maximum Gasteiger partial charge on any atom is 0.331 e. The summed E-state index contributed by atoms with van der Waals surface area (Å²) in [7, 11) is 1.71. The molecule has 0 radical (unpaired) electrons. The molecule has 7 heteroatoms. The number of carbonyl (C=O) groups is 2. The molecule has 1 aliphatic rings. The molecule has 0 aliphatic carbocycles. The van der Waals surface area contributed by atoms with Crippen molar-refractivity contribution < 1.29 is 14.7 Å². The Balaban J connectivity index is 1.85. The van der Waals surface area contributed by atoms with Gasteiger partial charge in [-0.3, -0.25) is 9.48 Å². The molecule has 7 nitrogen and oxygen atoms in total. The summed E-state index contributed by atoms with van der Waals surface area (Å²) < 4.78 is 1.52. The number of piperidine rings is 1. The minimum Gasteiger partial charge on any atom is -0.479 e. The van der Waals surface area contributed by atoms with E-state index in [0.717, 1.165) is 32.4 Å². The third-order valence-corrected chi connectivity index (χ3v) is 3.85. The van der Waals surface area contributed by atoms with Crippen LogP contribution in [0.3, 0.4) is 0 Å². The number of carbonyl (C=O) groups excluding carboxylic acids is 1. The molecule has 2 heterocycles. The Hall–Kier alpha value is -1.89. The van der Waals surface area contributed by atoms with E-state index < -0.39 is 12.0 Å². The maximum atomic E-state index is 12.0. The lowest BCUT2D eigenvalue weighted by molar-refractivity contribution is -0.142. The normalized spacial score (nSPS) is 17.4. The van der Waals surface area contributed by atoms with E-state index in [-0.39, 0.29) is 5.91 Å². The zero-order chi connectivity index (χ0) is 15.2. The Morgan fingerprint density at radius 2 is 2.24 bits per heavy atom. The number of rotatable bonds is 6. The average molecular weight is 294 g/mol. The van der Waals surface area contributed by atoms with Crippen LogP contribution in [-0.2, 0) is 16.6 Å². The van der Waals surface area contributed by atoms with Crippen molar-refractivity contribution in [3.8, 4) is 0 Å². The quantitative estimate of drug-likeness (QED) is 0.707. The van der Waals surface area contributed by atoms with Gasteiger partial charge in [-0.25, -0.2) is 4.79 Å². The van der Waals surface area contributed by atoms with Crippen LogP contribution in [0.4, 0.5) is 0 Å². The first kappa shape index (κ1) is 15.5. The number of nitrogens with one attached hydrogen (secondary N) is 2. The molecule has 0 bridgehead atoms. The Morgan fingerprint density at radius 3 is 2.81 bits per heavy atom. The number of hydrogen-bond donors (Lipinski definition) is 3. The van der Waals surface area contributed by atoms with E-state index in [9.17, 15) is 14.7 Å². The van der Waals surface area contributed by atoms with Gasteiger partial charge >= 0.3 is 5.97 Å². The van der Waals surface area contributed by atoms with Crippen LogP contribution in [0.25, 0.3) is 0 Å². The number of aryl methyl sites for hydroxylation is 1. The minimum atomic E-state index is -1.07. The first-order chi connectivity index (χ1) is 10.1. The van der Waals surface area contributed by atoms with Gasteiger partial charge in [0.15, 0.2) is 6.04 Å². The summed E-state index contributed by atoms with van der Waals surface area (Å²) in [6, 6.07) is -1.03. The fourth-order valence-electron chi connectivity index (χ4n) is 2.62. The summed E-state index contributed by atoms with van der Waals surface area (Å²) in [6.07, 6.45) is 6.41. The van der Waals surface area contributed by atoms with E-state index in [1.165, 1.54) is 10.9 Å². The fourth-order valence-corrected chi connectivity index (χ4v) is 2.62. The van der Waals surface area contributed by atoms with Crippen LogP contribution in [0.1, 0.15) is 37.3 Å². The van der Waals surface area contributed by atoms with Crippen molar-refractivity contribution >= 4 is 11.9 Å². The Bertz CT molecular complexity index is 494. The molecule has 0 spiro atoms. The van der Waals surface area contributed by atoms with E-state index in [4.69, 9.17) is 0 Å². The van der Waals surface area contributed by atoms with Crippen LogP contribution < -0.4 is 10.6 Å². The lowest BCUT2D eigenvalue weighted by Crippen LogP contribution is -2.34. The van der Waals surface area contributed by atoms with Gasteiger partial charge in [0.1, 0.15) is 0 Å². The molecule has 1 amide bonds. The molecule has 1 aromatic rings. The van der Waals surface area contributed by atoms with Crippen LogP contribution >= 0.6 is 0 Å². The van der Waals surface area contributed by atoms with Crippen molar-refractivity contribution in [1.29, 1.82) is 0 Å². The number of carboxylic acid groups (broad SMARTS) is 1. The monoisotopic (exact) mass is 294 g/mol. The van der Waals surface area contributed by atoms with Gasteiger partial charge in [-0.15, -0.1) is 0 Å². The zero-order valence-corrected chi connectivity index (χ0v) is 12.2. The molecule has 0 aromatic carbocycles. The van der Waals surface area contributed by atoms with Crippen LogP contribution in [0.15, 0.2) is 12.4 Å². The van der Waals surface area contributed by atoms with Crippen molar-refractivity contribution in [3.63, 3.8) is 0 Å². The lowest BCUT2D eigenvalue weighted by Gasteiger charge is -2.22. The second-order valence-corrected chi connectivity index (χ2v) is 5.52. The van der Waals surface area contributed by atoms with Gasteiger partial charge < -0.3 is 15.7 Å². The van der Waals surface area contributed by atoms with Gasteiger partial charge in [0.05, 0.1) is 6.20 Å². The van der Waals surface area contributed by atoms with Gasteiger partial charge in [0.25, 0.3) is 0 Å². The Labute approximate surface area is 123 Å². The topological polar surface area (TPSA) is 96.2 Å². The van der Waals surface area contributed by atoms with Crippen molar-refractivity contribution in [1.82, 2.24) is 20.4 Å². The van der Waals surface area contributed by atoms with E-state index >= 15 is 0 Å². The van der Waals surface area contributed by atoms with Gasteiger partial charge in [-0.05, 0) is 38.3 Å². The second-order valence-electron chi connectivity index (χ2n) is 5.52. The summed E-state index contributed by atoms with van der Waals surface area (Å²) in [5.74, 6) is -0.735. The van der Waals surface area contributed by atoms with Crippen LogP contribution in [-0.4, -0.2) is 39.9 Å². The standard InChI is InChI=1S/C14H22N4O3/c1-18-9-11(8-16-18)13(14(20)21)17-12(19)3-2-10-4-6-15-7-5-10/h8-10,13,15H,2-7H2,1H3,(H,17,19)(H,20,21). The van der Waals surface area contributed by atoms with Crippen molar-refractivity contribution in [3.05, 3.63) is 18.0 Å². The molecule has 21 heavy (non-hydrogen) atoms. The molecule has 3 N–H and O–H groups in total. The molecule has 116 valence electrons. The summed E-state index contributed by atoms with van der Waals surface area (Å²) in [5.41, 5.74) is 0.486. The molecule has 2 rings (SSSR count). The highest BCUT2D eigenvalue weighted by Crippen LogP contribution is 2.18. The van der Waals surface area contributed by atoms with Crippen LogP contribution in [0.5, 0.6) is 0 Å². The number of carboxylic acids is 1. The number of nitrogens with zero attached hydrogens (tertiary/aromatic N) is 2. The number of hydrogen-bond acceptors (Lipinski definition) is 4. The molecule has 1 aromatic heterocycles. The zero-order valence-electron chi connectivity index (χ0n) is 12.2. The summed E-state index contributed by atoms with van der Waals surface area (Å²) in [5, 5.41) is 19.0. The first-order valence-corrected chi connectivity index (χ1v) is 7.27. The molecule has 1 aliphatic heterocycles. The fraction of sp³-hybridized carbons (Fsp3) is 0.643. The van der Waals surface area contributed by atoms with Crippen LogP contribution in [0.2, 0.25) is 0 Å². The Kier molecular flexibility index (Phi) is 5.32. The van der Waals surface area contributed by atoms with Gasteiger partial charge in [0.2, 0.25) is 5.91 Å². The number of aromatic nitrogens is 2. The highest BCUT2D eigenvalue weighted by Gasteiger charge is 2.24. The van der Waals surface area contributed by atoms with Gasteiger partial charge in [-0.2, -0.15) is 5.10 Å². The third-order valence-electron chi connectivity index (χ3n) is 3.85. The average Bonchev–Trinajstić information content (AvgIpc) is 2.89. The highest BCUT2D eigenvalue weighted by atomic mass is 16.4. The summed E-state index contributed by atoms with van der Waals surface area (Å²) in [6.45, 7) is 2.00. The number of aliphatic carboxylic acids is 1. The maximum absolute atomic E-state index is 12.0. The van der Waals surface area contributed by atoms with E-state index in [1.54, 1.807) is 13.2 Å². The molecule has 1 fully saturated rings. The molecule has 1 atom stereocenters. The predicted molar refractivity (Wildman–Crippen MR) is 76.6 cm³/mol. The minimum absolute atomic E-state index is 0.218. The Morgan fingerprint density at radius 1 is 1.52 bits per heavy atom. The van der Waals surface area contributed by atoms with E-state index in [1.807, 2.05) is 0 Å². The molecule has 1 saturated heterocycles. The van der Waals surface area contributed by atoms with Crippen molar-refractivity contribution in [2.75, 3.05) is 13.1 Å². The lowest BCUT2D eigenvalue weighted by atomic mass is 9.93. The van der Waals surface area contributed by atoms with Crippen molar-refractivity contribution in [2.24, 2.45) is 13.0 Å². The largest absolute Gasteiger partial charge is 0.479 e. The molecule has 1 unspecified atom stereocenters. The van der Waals surface area contributed by atoms with Crippen LogP contribution in [0, 0.1) is 5.92 Å². The SMILES string of the molecule is Cn1cc(C(NC(=O)CCC2CCNCC2)C(=O)O)cn1. The van der Waals surface area contributed by atoms with Gasteiger partial charge in [0, 0.05) is 25.2 Å². The smallest absolute Gasteiger partial charge is 0.331 e. The highest BCUT2D eigenvalue weighted by molar-refractivity contribution is 5.84. The molecule has 0 saturated carbocycles. The van der Waals surface area contributed by atoms with Gasteiger partial charge in [-0.1, -0.05) is 0 Å². The van der Waals surface area contributed by atoms with E-state index in [2.05, 4.69) is 15.7 Å². The first-order valence-electron chi connectivity index (χ1n) is 7.27. The molecular formula is C14H22N4O3. The predicted octanol–water partition coefficient (Wildman–Crippen LogP) is 0.442. The van der Waals surface area contributed by atoms with E-state index in [0.29, 0.717) is 17.9 Å².